The number of rotatable bonds is 1. The van der Waals surface area contributed by atoms with Gasteiger partial charge in [0.15, 0.2) is 5.65 Å². The molecule has 1 aliphatic heterocycles. The van der Waals surface area contributed by atoms with E-state index in [1.807, 2.05) is 11.8 Å². The Balaban J connectivity index is 1.64. The highest BCUT2D eigenvalue weighted by Gasteiger charge is 2.27. The molecule has 3 aromatic heterocycles. The van der Waals surface area contributed by atoms with Crippen LogP contribution in [0, 0.1) is 12.8 Å². The molecule has 0 radical (unpaired) electrons. The first kappa shape index (κ1) is 16.2. The average Bonchev–Trinajstić information content (AvgIpc) is 3.22. The van der Waals surface area contributed by atoms with Gasteiger partial charge in [-0.1, -0.05) is 6.92 Å². The van der Waals surface area contributed by atoms with E-state index in [-0.39, 0.29) is 5.91 Å². The fourth-order valence-electron chi connectivity index (χ4n) is 4.36. The van der Waals surface area contributed by atoms with Crippen molar-refractivity contribution < 1.29 is 4.79 Å². The zero-order valence-corrected chi connectivity index (χ0v) is 16.1. The maximum Gasteiger partial charge on any atom is 0.293 e. The number of aryl methyl sites for hydroxylation is 3. The Morgan fingerprint density at radius 3 is 2.88 bits per heavy atom. The minimum atomic E-state index is -0.0445. The van der Waals surface area contributed by atoms with E-state index >= 15 is 0 Å². The van der Waals surface area contributed by atoms with Crippen LogP contribution < -0.4 is 0 Å². The minimum absolute atomic E-state index is 0.0445. The number of thiophene rings is 1. The van der Waals surface area contributed by atoms with Crippen LogP contribution in [-0.2, 0) is 12.8 Å². The molecule has 4 heterocycles. The molecule has 0 unspecified atom stereocenters. The fourth-order valence-corrected chi connectivity index (χ4v) is 5.66. The Morgan fingerprint density at radius 1 is 1.19 bits per heavy atom. The van der Waals surface area contributed by atoms with E-state index in [0.29, 0.717) is 11.7 Å². The first-order valence-electron chi connectivity index (χ1n) is 9.58. The van der Waals surface area contributed by atoms with Crippen LogP contribution in [0.1, 0.15) is 59.5 Å². The van der Waals surface area contributed by atoms with E-state index in [2.05, 4.69) is 12.0 Å². The Bertz CT molecular complexity index is 1020. The number of carbonyl (C=O) groups is 1. The summed E-state index contributed by atoms with van der Waals surface area (Å²) in [6.07, 6.45) is 6.92. The van der Waals surface area contributed by atoms with Crippen molar-refractivity contribution in [2.45, 2.75) is 52.4 Å². The number of hydrogen-bond donors (Lipinski definition) is 0. The minimum Gasteiger partial charge on any atom is -0.336 e. The number of amides is 1. The van der Waals surface area contributed by atoms with Gasteiger partial charge in [-0.3, -0.25) is 4.79 Å². The van der Waals surface area contributed by atoms with Gasteiger partial charge in [0.2, 0.25) is 5.82 Å². The van der Waals surface area contributed by atoms with Crippen LogP contribution in [0.15, 0.2) is 0 Å². The highest BCUT2D eigenvalue weighted by atomic mass is 32.1. The summed E-state index contributed by atoms with van der Waals surface area (Å²) in [4.78, 5) is 26.8. The van der Waals surface area contributed by atoms with E-state index in [0.717, 1.165) is 54.0 Å². The summed E-state index contributed by atoms with van der Waals surface area (Å²) < 4.78 is 1.77. The van der Waals surface area contributed by atoms with Gasteiger partial charge in [-0.15, -0.1) is 16.4 Å². The Hall–Kier alpha value is -2.02. The van der Waals surface area contributed by atoms with Gasteiger partial charge in [-0.2, -0.15) is 4.52 Å². The molecule has 0 N–H and O–H groups in total. The molecule has 1 saturated heterocycles. The molecule has 0 saturated carbocycles. The van der Waals surface area contributed by atoms with Crippen molar-refractivity contribution in [1.82, 2.24) is 24.5 Å². The van der Waals surface area contributed by atoms with Crippen molar-refractivity contribution >= 4 is 33.1 Å². The number of nitrogens with zero attached hydrogens (tertiary/aromatic N) is 5. The molecule has 26 heavy (non-hydrogen) atoms. The predicted octanol–water partition coefficient (Wildman–Crippen LogP) is 3.40. The molecular weight excluding hydrogens is 346 g/mol. The molecule has 1 fully saturated rings. The first-order valence-corrected chi connectivity index (χ1v) is 10.4. The number of likely N-dealkylation sites (tertiary alicyclic amines) is 1. The van der Waals surface area contributed by atoms with Gasteiger partial charge in [0.05, 0.1) is 5.39 Å². The van der Waals surface area contributed by atoms with E-state index in [4.69, 9.17) is 9.97 Å². The molecule has 6 nitrogen and oxygen atoms in total. The molecule has 2 aliphatic rings. The second-order valence-electron chi connectivity index (χ2n) is 7.72. The molecule has 5 rings (SSSR count). The molecule has 1 amide bonds. The van der Waals surface area contributed by atoms with Crippen LogP contribution in [0.4, 0.5) is 0 Å². The lowest BCUT2D eigenvalue weighted by Gasteiger charge is -2.29. The lowest BCUT2D eigenvalue weighted by Crippen LogP contribution is -2.39. The number of fused-ring (bicyclic) bond motifs is 5. The number of hydrogen-bond acceptors (Lipinski definition) is 5. The van der Waals surface area contributed by atoms with Crippen LogP contribution in [0.3, 0.4) is 0 Å². The topological polar surface area (TPSA) is 63.4 Å². The summed E-state index contributed by atoms with van der Waals surface area (Å²) in [6.45, 7) is 5.75. The predicted molar refractivity (Wildman–Crippen MR) is 102 cm³/mol. The van der Waals surface area contributed by atoms with Crippen LogP contribution in [-0.4, -0.2) is 43.5 Å². The van der Waals surface area contributed by atoms with Crippen molar-refractivity contribution in [3.05, 3.63) is 22.1 Å². The molecule has 3 aromatic rings. The van der Waals surface area contributed by atoms with Gasteiger partial charge < -0.3 is 4.90 Å². The Morgan fingerprint density at radius 2 is 2.04 bits per heavy atom. The third-order valence-electron chi connectivity index (χ3n) is 5.69. The van der Waals surface area contributed by atoms with E-state index in [1.165, 1.54) is 29.7 Å². The van der Waals surface area contributed by atoms with E-state index in [9.17, 15) is 4.79 Å². The van der Waals surface area contributed by atoms with Crippen molar-refractivity contribution in [3.63, 3.8) is 0 Å². The van der Waals surface area contributed by atoms with Crippen molar-refractivity contribution in [3.8, 4) is 0 Å². The van der Waals surface area contributed by atoms with Crippen LogP contribution in [0.2, 0.25) is 0 Å². The van der Waals surface area contributed by atoms with Crippen LogP contribution in [0.5, 0.6) is 0 Å². The number of aromatic nitrogens is 4. The molecule has 1 atom stereocenters. The van der Waals surface area contributed by atoms with E-state index in [1.54, 1.807) is 15.9 Å². The lowest BCUT2D eigenvalue weighted by atomic mass is 9.97. The first-order chi connectivity index (χ1) is 12.6. The largest absolute Gasteiger partial charge is 0.336 e. The SMILES string of the molecule is Cc1nc2sc3c(c2c2nc(C(=O)N4CCC[C@H](C)C4)nn12)CCCC3. The Kier molecular flexibility index (Phi) is 3.74. The summed E-state index contributed by atoms with van der Waals surface area (Å²) in [5.41, 5.74) is 2.19. The molecule has 0 spiro atoms. The van der Waals surface area contributed by atoms with Crippen LogP contribution in [0.25, 0.3) is 15.9 Å². The quantitative estimate of drug-likeness (QED) is 0.659. The summed E-state index contributed by atoms with van der Waals surface area (Å²) in [7, 11) is 0. The highest BCUT2D eigenvalue weighted by Crippen LogP contribution is 2.37. The molecule has 0 aromatic carbocycles. The summed E-state index contributed by atoms with van der Waals surface area (Å²) in [5.74, 6) is 1.61. The van der Waals surface area contributed by atoms with Gasteiger partial charge in [0.25, 0.3) is 5.91 Å². The van der Waals surface area contributed by atoms with Gasteiger partial charge in [0, 0.05) is 18.0 Å². The van der Waals surface area contributed by atoms with Gasteiger partial charge in [-0.25, -0.2) is 9.97 Å². The summed E-state index contributed by atoms with van der Waals surface area (Å²) >= 11 is 1.79. The summed E-state index contributed by atoms with van der Waals surface area (Å²) in [6, 6.07) is 0. The standard InChI is InChI=1S/C19H23N5OS/c1-11-6-5-9-23(10-11)19(25)16-21-17-15-13-7-3-4-8-14(13)26-18(15)20-12(2)24(17)22-16/h11H,3-10H2,1-2H3/t11-/m0/s1. The number of carbonyl (C=O) groups excluding carboxylic acids is 1. The van der Waals surface area contributed by atoms with Crippen molar-refractivity contribution in [2.24, 2.45) is 5.92 Å². The van der Waals surface area contributed by atoms with Crippen LogP contribution >= 0.6 is 11.3 Å². The van der Waals surface area contributed by atoms with Gasteiger partial charge >= 0.3 is 0 Å². The zero-order valence-electron chi connectivity index (χ0n) is 15.3. The molecule has 1 aliphatic carbocycles. The van der Waals surface area contributed by atoms with E-state index < -0.39 is 0 Å². The molecule has 7 heteroatoms. The maximum atomic E-state index is 13.0. The maximum absolute atomic E-state index is 13.0. The van der Waals surface area contributed by atoms with Crippen molar-refractivity contribution in [2.75, 3.05) is 13.1 Å². The highest BCUT2D eigenvalue weighted by molar-refractivity contribution is 7.19. The average molecular weight is 369 g/mol. The zero-order chi connectivity index (χ0) is 17.8. The molecular formula is C19H23N5OS. The number of piperidine rings is 1. The third-order valence-corrected chi connectivity index (χ3v) is 6.87. The van der Waals surface area contributed by atoms with Gasteiger partial charge in [0.1, 0.15) is 10.7 Å². The second-order valence-corrected chi connectivity index (χ2v) is 8.80. The monoisotopic (exact) mass is 369 g/mol. The van der Waals surface area contributed by atoms with Gasteiger partial charge in [-0.05, 0) is 56.9 Å². The Labute approximate surface area is 156 Å². The third kappa shape index (κ3) is 2.44. The second kappa shape index (κ2) is 6.01. The van der Waals surface area contributed by atoms with Crippen molar-refractivity contribution in [1.29, 1.82) is 0 Å². The molecule has 136 valence electrons. The fraction of sp³-hybridized carbons (Fsp3) is 0.579. The summed E-state index contributed by atoms with van der Waals surface area (Å²) in [5, 5.41) is 5.67. The lowest BCUT2D eigenvalue weighted by molar-refractivity contribution is 0.0671. The molecule has 0 bridgehead atoms. The smallest absolute Gasteiger partial charge is 0.293 e. The normalized spacial score (nSPS) is 20.7.